The molecule has 8 nitrogen and oxygen atoms in total. The first kappa shape index (κ1) is 18.8. The van der Waals surface area contributed by atoms with Gasteiger partial charge in [0.1, 0.15) is 5.76 Å². The van der Waals surface area contributed by atoms with Crippen LogP contribution in [0.4, 0.5) is 0 Å². The van der Waals surface area contributed by atoms with Crippen molar-refractivity contribution in [3.63, 3.8) is 0 Å². The van der Waals surface area contributed by atoms with Crippen LogP contribution in [-0.4, -0.2) is 44.7 Å². The van der Waals surface area contributed by atoms with Gasteiger partial charge in [-0.15, -0.1) is 21.5 Å². The molecule has 3 aromatic rings. The van der Waals surface area contributed by atoms with Crippen LogP contribution >= 0.6 is 11.3 Å². The van der Waals surface area contributed by atoms with Crippen LogP contribution in [0, 0.1) is 20.8 Å². The van der Waals surface area contributed by atoms with E-state index < -0.39 is 0 Å². The third-order valence-corrected chi connectivity index (χ3v) is 6.12. The smallest absolute Gasteiger partial charge is 0.255 e. The maximum atomic E-state index is 12.9. The van der Waals surface area contributed by atoms with E-state index in [0.717, 1.165) is 48.6 Å². The molecule has 0 saturated carbocycles. The Morgan fingerprint density at radius 3 is 2.82 bits per heavy atom. The van der Waals surface area contributed by atoms with Crippen molar-refractivity contribution in [3.05, 3.63) is 50.2 Å². The molecule has 0 radical (unpaired) electrons. The number of carbonyl (C=O) groups is 1. The van der Waals surface area contributed by atoms with Crippen LogP contribution in [0.2, 0.25) is 0 Å². The average Bonchev–Trinajstić information content (AvgIpc) is 3.36. The number of aromatic nitrogens is 3. The number of nitrogens with zero attached hydrogens (tertiary/aromatic N) is 5. The molecule has 0 atom stereocenters. The van der Waals surface area contributed by atoms with Crippen LogP contribution in [0.5, 0.6) is 0 Å². The molecule has 0 N–H and O–H groups in total. The normalized spacial score (nSPS) is 14.3. The van der Waals surface area contributed by atoms with Crippen molar-refractivity contribution in [1.82, 2.24) is 25.2 Å². The van der Waals surface area contributed by atoms with Gasteiger partial charge >= 0.3 is 0 Å². The molecule has 3 aromatic heterocycles. The molecule has 28 heavy (non-hydrogen) atoms. The van der Waals surface area contributed by atoms with E-state index in [-0.39, 0.29) is 5.91 Å². The van der Waals surface area contributed by atoms with Crippen LogP contribution in [0.15, 0.2) is 14.3 Å². The number of hydrogen-bond acceptors (Lipinski definition) is 8. The number of fused-ring (bicyclic) bond motifs is 1. The van der Waals surface area contributed by atoms with Gasteiger partial charge in [-0.2, -0.15) is 0 Å². The molecule has 0 fully saturated rings. The minimum Gasteiger partial charge on any atom is -0.424 e. The summed E-state index contributed by atoms with van der Waals surface area (Å²) >= 11 is 1.65. The summed E-state index contributed by atoms with van der Waals surface area (Å²) in [6.45, 7) is 8.53. The lowest BCUT2D eigenvalue weighted by Crippen LogP contribution is -2.32. The van der Waals surface area contributed by atoms with Crippen molar-refractivity contribution >= 4 is 17.2 Å². The molecule has 0 spiro atoms. The predicted molar refractivity (Wildman–Crippen MR) is 103 cm³/mol. The van der Waals surface area contributed by atoms with Crippen molar-refractivity contribution in [3.8, 4) is 0 Å². The second-order valence-corrected chi connectivity index (χ2v) is 8.15. The first-order valence-corrected chi connectivity index (χ1v) is 10.1. The van der Waals surface area contributed by atoms with Crippen molar-refractivity contribution in [2.24, 2.45) is 0 Å². The maximum absolute atomic E-state index is 12.9. The first-order chi connectivity index (χ1) is 13.4. The van der Waals surface area contributed by atoms with E-state index in [4.69, 9.17) is 8.94 Å². The summed E-state index contributed by atoms with van der Waals surface area (Å²) in [6.07, 6.45) is 0.858. The van der Waals surface area contributed by atoms with Gasteiger partial charge in [-0.1, -0.05) is 5.16 Å². The lowest BCUT2D eigenvalue weighted by molar-refractivity contribution is 0.0771. The number of thiophene rings is 1. The Hall–Kier alpha value is -2.52. The Morgan fingerprint density at radius 1 is 1.32 bits per heavy atom. The quantitative estimate of drug-likeness (QED) is 0.649. The van der Waals surface area contributed by atoms with Crippen LogP contribution in [0.25, 0.3) is 0 Å². The Labute approximate surface area is 167 Å². The monoisotopic (exact) mass is 401 g/mol. The van der Waals surface area contributed by atoms with E-state index >= 15 is 0 Å². The molecule has 9 heteroatoms. The van der Waals surface area contributed by atoms with Crippen molar-refractivity contribution in [2.75, 3.05) is 13.6 Å². The van der Waals surface area contributed by atoms with Gasteiger partial charge in [0.05, 0.1) is 17.8 Å². The number of amides is 1. The molecule has 1 amide bonds. The SMILES string of the molecule is Cc1nnc(CN(C)C(=O)c2csc3c2CCN(Cc2c(C)noc2C)C3)o1. The zero-order chi connectivity index (χ0) is 19.8. The first-order valence-electron chi connectivity index (χ1n) is 9.20. The molecule has 0 bridgehead atoms. The number of aryl methyl sites for hydroxylation is 3. The lowest BCUT2D eigenvalue weighted by Gasteiger charge is -2.27. The molecular weight excluding hydrogens is 378 g/mol. The fraction of sp³-hybridized carbons (Fsp3) is 0.474. The van der Waals surface area contributed by atoms with Crippen molar-refractivity contribution < 1.29 is 13.7 Å². The lowest BCUT2D eigenvalue weighted by atomic mass is 10.0. The molecule has 0 aromatic carbocycles. The van der Waals surface area contributed by atoms with Crippen molar-refractivity contribution in [1.29, 1.82) is 0 Å². The predicted octanol–water partition coefficient (Wildman–Crippen LogP) is 2.87. The van der Waals surface area contributed by atoms with Crippen LogP contribution in [0.3, 0.4) is 0 Å². The highest BCUT2D eigenvalue weighted by molar-refractivity contribution is 7.10. The highest BCUT2D eigenvalue weighted by Crippen LogP contribution is 2.31. The zero-order valence-corrected chi connectivity index (χ0v) is 17.3. The van der Waals surface area contributed by atoms with E-state index in [1.807, 2.05) is 19.2 Å². The van der Waals surface area contributed by atoms with Crippen LogP contribution in [-0.2, 0) is 26.1 Å². The summed E-state index contributed by atoms with van der Waals surface area (Å²) in [6, 6.07) is 0. The van der Waals surface area contributed by atoms with Gasteiger partial charge in [0.15, 0.2) is 0 Å². The van der Waals surface area contributed by atoms with Gasteiger partial charge in [0, 0.05) is 49.4 Å². The summed E-state index contributed by atoms with van der Waals surface area (Å²) < 4.78 is 10.7. The molecular formula is C19H23N5O3S. The molecule has 0 aliphatic carbocycles. The second kappa shape index (κ2) is 7.48. The summed E-state index contributed by atoms with van der Waals surface area (Å²) in [7, 11) is 1.76. The molecule has 148 valence electrons. The second-order valence-electron chi connectivity index (χ2n) is 7.19. The summed E-state index contributed by atoms with van der Waals surface area (Å²) in [4.78, 5) is 18.2. The van der Waals surface area contributed by atoms with Gasteiger partial charge in [-0.25, -0.2) is 0 Å². The third kappa shape index (κ3) is 3.59. The van der Waals surface area contributed by atoms with Crippen LogP contribution in [0.1, 0.15) is 49.6 Å². The highest BCUT2D eigenvalue weighted by atomic mass is 32.1. The van der Waals surface area contributed by atoms with E-state index in [2.05, 4.69) is 20.3 Å². The maximum Gasteiger partial charge on any atom is 0.255 e. The van der Waals surface area contributed by atoms with Gasteiger partial charge in [0.25, 0.3) is 5.91 Å². The summed E-state index contributed by atoms with van der Waals surface area (Å²) in [5.41, 5.74) is 4.06. The average molecular weight is 401 g/mol. The molecule has 4 rings (SSSR count). The van der Waals surface area contributed by atoms with E-state index in [1.165, 1.54) is 10.4 Å². The van der Waals surface area contributed by atoms with E-state index in [9.17, 15) is 4.79 Å². The topological polar surface area (TPSA) is 88.5 Å². The Morgan fingerprint density at radius 2 is 2.14 bits per heavy atom. The zero-order valence-electron chi connectivity index (χ0n) is 16.5. The summed E-state index contributed by atoms with van der Waals surface area (Å²) in [5, 5.41) is 13.8. The molecule has 1 aliphatic heterocycles. The summed E-state index contributed by atoms with van der Waals surface area (Å²) in [5.74, 6) is 1.82. The molecule has 1 aliphatic rings. The highest BCUT2D eigenvalue weighted by Gasteiger charge is 2.27. The van der Waals surface area contributed by atoms with Gasteiger partial charge in [0.2, 0.25) is 11.8 Å². The van der Waals surface area contributed by atoms with E-state index in [0.29, 0.717) is 18.3 Å². The van der Waals surface area contributed by atoms with Gasteiger partial charge < -0.3 is 13.8 Å². The Bertz CT molecular complexity index is 986. The number of hydrogen-bond donors (Lipinski definition) is 0. The van der Waals surface area contributed by atoms with Crippen molar-refractivity contribution in [2.45, 2.75) is 46.8 Å². The molecule has 0 unspecified atom stereocenters. The minimum absolute atomic E-state index is 0.00692. The van der Waals surface area contributed by atoms with Gasteiger partial charge in [-0.05, 0) is 25.8 Å². The largest absolute Gasteiger partial charge is 0.424 e. The number of carbonyl (C=O) groups excluding carboxylic acids is 1. The Kier molecular flexibility index (Phi) is 5.03. The van der Waals surface area contributed by atoms with Crippen LogP contribution < -0.4 is 0 Å². The van der Waals surface area contributed by atoms with Gasteiger partial charge in [-0.3, -0.25) is 9.69 Å². The fourth-order valence-corrected chi connectivity index (χ4v) is 4.64. The Balaban J connectivity index is 1.45. The minimum atomic E-state index is -0.00692. The standard InChI is InChI=1S/C19H23N5O3S/c1-11-15(12(2)27-22-11)7-24-6-5-14-16(10-28-17(14)8-24)19(25)23(4)9-18-21-20-13(3)26-18/h10H,5-9H2,1-4H3. The van der Waals surface area contributed by atoms with E-state index in [1.54, 1.807) is 30.2 Å². The number of rotatable bonds is 5. The molecule has 4 heterocycles. The third-order valence-electron chi connectivity index (χ3n) is 5.11. The fourth-order valence-electron chi connectivity index (χ4n) is 3.53. The molecule has 0 saturated heterocycles.